The van der Waals surface area contributed by atoms with Gasteiger partial charge >= 0.3 is 5.97 Å². The minimum atomic E-state index is -0.663. The van der Waals surface area contributed by atoms with Crippen LogP contribution in [0.15, 0.2) is 12.2 Å². The lowest BCUT2D eigenvalue weighted by atomic mass is 10.0. The topological polar surface area (TPSA) is 95.9 Å². The average Bonchev–Trinajstić information content (AvgIpc) is 3.53. The Balaban J connectivity index is 3.34. The van der Waals surface area contributed by atoms with Crippen LogP contribution < -0.4 is 5.32 Å². The summed E-state index contributed by atoms with van der Waals surface area (Å²) in [6.07, 6.45) is 97.4. The van der Waals surface area contributed by atoms with Crippen molar-refractivity contribution in [3.63, 3.8) is 0 Å². The molecule has 0 heterocycles. The van der Waals surface area contributed by atoms with E-state index in [1.54, 1.807) is 0 Å². The van der Waals surface area contributed by atoms with Gasteiger partial charge in [0.25, 0.3) is 0 Å². The fourth-order valence-electron chi connectivity index (χ4n) is 13.2. The fraction of sp³-hybridized carbons (Fsp3) is 0.951. The minimum Gasteiger partial charge on any atom is -0.466 e. The highest BCUT2D eigenvalue weighted by molar-refractivity contribution is 5.76. The molecule has 3 N–H and O–H groups in total. The van der Waals surface area contributed by atoms with Gasteiger partial charge in [-0.25, -0.2) is 0 Å². The van der Waals surface area contributed by atoms with Crippen molar-refractivity contribution in [2.75, 3.05) is 13.2 Å². The van der Waals surface area contributed by atoms with Gasteiger partial charge in [0.2, 0.25) is 5.91 Å². The van der Waals surface area contributed by atoms with Crippen LogP contribution >= 0.6 is 0 Å². The van der Waals surface area contributed by atoms with Crippen LogP contribution in [-0.2, 0) is 14.3 Å². The van der Waals surface area contributed by atoms with Crippen molar-refractivity contribution in [2.24, 2.45) is 0 Å². The Morgan fingerprint density at radius 3 is 0.816 bits per heavy atom. The molecular formula is C81H159NO5. The number of hydrogen-bond donors (Lipinski definition) is 3. The summed E-state index contributed by atoms with van der Waals surface area (Å²) < 4.78 is 5.52. The van der Waals surface area contributed by atoms with Gasteiger partial charge in [0, 0.05) is 12.8 Å². The van der Waals surface area contributed by atoms with Gasteiger partial charge in [-0.3, -0.25) is 9.59 Å². The van der Waals surface area contributed by atoms with E-state index in [1.165, 1.54) is 398 Å². The Morgan fingerprint density at radius 1 is 0.310 bits per heavy atom. The Kier molecular flexibility index (Phi) is 75.8. The number of esters is 1. The molecule has 2 atom stereocenters. The third-order valence-electron chi connectivity index (χ3n) is 19.3. The molecule has 2 unspecified atom stereocenters. The SMILES string of the molecule is CCCCCCCCCCCCCCCCCCCCCCCC(O)C(CO)NC(=O)CCCCCCCCCCCCCCCCC/C=C\CCCCCCCCCCCCCCOC(=O)CCCCCCCCCCCCCCCCCCCC. The predicted molar refractivity (Wildman–Crippen MR) is 384 cm³/mol. The number of rotatable bonds is 77. The monoisotopic (exact) mass is 1230 g/mol. The van der Waals surface area contributed by atoms with E-state index in [0.717, 1.165) is 38.5 Å². The summed E-state index contributed by atoms with van der Waals surface area (Å²) in [5.74, 6) is -0.00363. The molecule has 0 aromatic heterocycles. The van der Waals surface area contributed by atoms with Gasteiger partial charge in [0.15, 0.2) is 0 Å². The first-order chi connectivity index (χ1) is 43.0. The van der Waals surface area contributed by atoms with E-state index in [1.807, 2.05) is 0 Å². The molecule has 0 saturated carbocycles. The summed E-state index contributed by atoms with van der Waals surface area (Å²) in [5.41, 5.74) is 0. The van der Waals surface area contributed by atoms with Crippen LogP contribution in [0.5, 0.6) is 0 Å². The summed E-state index contributed by atoms with van der Waals surface area (Å²) in [5, 5.41) is 23.5. The van der Waals surface area contributed by atoms with Crippen LogP contribution in [0.25, 0.3) is 0 Å². The third kappa shape index (κ3) is 73.5. The molecule has 0 radical (unpaired) electrons. The Morgan fingerprint density at radius 2 is 0.540 bits per heavy atom. The maximum absolute atomic E-state index is 12.6. The van der Waals surface area contributed by atoms with Gasteiger partial charge in [0.1, 0.15) is 0 Å². The van der Waals surface area contributed by atoms with Crippen LogP contribution in [0.2, 0.25) is 0 Å². The number of allylic oxidation sites excluding steroid dienone is 2. The summed E-state index contributed by atoms with van der Waals surface area (Å²) >= 11 is 0. The molecule has 0 fully saturated rings. The van der Waals surface area contributed by atoms with Crippen molar-refractivity contribution in [2.45, 2.75) is 482 Å². The molecule has 0 aliphatic heterocycles. The van der Waals surface area contributed by atoms with Crippen LogP contribution in [0.3, 0.4) is 0 Å². The molecule has 0 spiro atoms. The molecule has 0 aromatic carbocycles. The number of amides is 1. The predicted octanol–water partition coefficient (Wildman–Crippen LogP) is 26.7. The van der Waals surface area contributed by atoms with E-state index >= 15 is 0 Å². The fourth-order valence-corrected chi connectivity index (χ4v) is 13.2. The van der Waals surface area contributed by atoms with Gasteiger partial charge in [-0.15, -0.1) is 0 Å². The van der Waals surface area contributed by atoms with Gasteiger partial charge in [-0.1, -0.05) is 418 Å². The van der Waals surface area contributed by atoms with Crippen molar-refractivity contribution in [3.8, 4) is 0 Å². The summed E-state index contributed by atoms with van der Waals surface area (Å²) in [6, 6.07) is -0.540. The van der Waals surface area contributed by atoms with Crippen molar-refractivity contribution in [3.05, 3.63) is 12.2 Å². The summed E-state index contributed by atoms with van der Waals surface area (Å²) in [6.45, 7) is 5.02. The number of aliphatic hydroxyl groups is 2. The highest BCUT2D eigenvalue weighted by Gasteiger charge is 2.20. The standard InChI is InChI=1S/C81H159NO5/c1-3-5-7-9-11-13-15-17-19-21-23-35-38-41-45-49-53-57-61-65-69-73-79(84)78(77-83)82-80(85)74-70-66-62-58-54-50-46-42-39-36-33-31-29-27-25-24-26-28-30-32-34-37-40-44-48-52-56-60-64-68-72-76-87-81(86)75-71-67-63-59-55-51-47-43-22-20-18-16-14-12-10-8-6-4-2/h26,28,78-79,83-84H,3-25,27,29-77H2,1-2H3,(H,82,85)/b28-26-. The molecule has 6 nitrogen and oxygen atoms in total. The first kappa shape index (κ1) is 85.6. The maximum Gasteiger partial charge on any atom is 0.305 e. The lowest BCUT2D eigenvalue weighted by Gasteiger charge is -2.22. The van der Waals surface area contributed by atoms with Gasteiger partial charge in [0.05, 0.1) is 25.4 Å². The van der Waals surface area contributed by atoms with Crippen LogP contribution in [0.4, 0.5) is 0 Å². The van der Waals surface area contributed by atoms with E-state index in [4.69, 9.17) is 4.74 Å². The molecule has 0 rings (SSSR count). The zero-order valence-electron chi connectivity index (χ0n) is 59.5. The first-order valence-electron chi connectivity index (χ1n) is 40.4. The zero-order chi connectivity index (χ0) is 62.8. The van der Waals surface area contributed by atoms with Crippen molar-refractivity contribution < 1.29 is 24.5 Å². The zero-order valence-corrected chi connectivity index (χ0v) is 59.5. The van der Waals surface area contributed by atoms with Crippen LogP contribution in [0, 0.1) is 0 Å². The highest BCUT2D eigenvalue weighted by Crippen LogP contribution is 2.20. The van der Waals surface area contributed by atoms with Gasteiger partial charge in [-0.05, 0) is 51.4 Å². The number of unbranched alkanes of at least 4 members (excludes halogenated alkanes) is 64. The third-order valence-corrected chi connectivity index (χ3v) is 19.3. The van der Waals surface area contributed by atoms with Gasteiger partial charge < -0.3 is 20.3 Å². The molecule has 0 bridgehead atoms. The molecule has 0 saturated heterocycles. The molecular weight excluding hydrogens is 1070 g/mol. The second-order valence-corrected chi connectivity index (χ2v) is 28.1. The van der Waals surface area contributed by atoms with E-state index in [9.17, 15) is 19.8 Å². The Hall–Kier alpha value is -1.40. The van der Waals surface area contributed by atoms with E-state index in [2.05, 4.69) is 31.3 Å². The van der Waals surface area contributed by atoms with Crippen molar-refractivity contribution in [1.29, 1.82) is 0 Å². The normalized spacial score (nSPS) is 12.5. The molecule has 0 aliphatic rings. The van der Waals surface area contributed by atoms with Crippen molar-refractivity contribution in [1.82, 2.24) is 5.32 Å². The number of carbonyl (C=O) groups is 2. The summed E-state index contributed by atoms with van der Waals surface area (Å²) in [7, 11) is 0. The number of ether oxygens (including phenoxy) is 1. The van der Waals surface area contributed by atoms with Crippen molar-refractivity contribution >= 4 is 11.9 Å². The summed E-state index contributed by atoms with van der Waals surface area (Å²) in [4.78, 5) is 24.7. The minimum absolute atomic E-state index is 0.0235. The average molecular weight is 1230 g/mol. The number of carbonyl (C=O) groups excluding carboxylic acids is 2. The Labute approximate surface area is 546 Å². The number of nitrogens with one attached hydrogen (secondary N) is 1. The smallest absolute Gasteiger partial charge is 0.305 e. The second kappa shape index (κ2) is 77.1. The lowest BCUT2D eigenvalue weighted by Crippen LogP contribution is -2.45. The second-order valence-electron chi connectivity index (χ2n) is 28.1. The molecule has 1 amide bonds. The van der Waals surface area contributed by atoms with E-state index in [-0.39, 0.29) is 18.5 Å². The molecule has 0 aliphatic carbocycles. The first-order valence-corrected chi connectivity index (χ1v) is 40.4. The number of hydrogen-bond acceptors (Lipinski definition) is 5. The largest absolute Gasteiger partial charge is 0.466 e. The highest BCUT2D eigenvalue weighted by atomic mass is 16.5. The van der Waals surface area contributed by atoms with Gasteiger partial charge in [-0.2, -0.15) is 0 Å². The van der Waals surface area contributed by atoms with Crippen LogP contribution in [0.1, 0.15) is 470 Å². The lowest BCUT2D eigenvalue weighted by molar-refractivity contribution is -0.143. The molecule has 6 heteroatoms. The quantitative estimate of drug-likeness (QED) is 0.0320. The molecule has 0 aromatic rings. The molecule has 87 heavy (non-hydrogen) atoms. The Bertz CT molecular complexity index is 1320. The van der Waals surface area contributed by atoms with E-state index in [0.29, 0.717) is 25.9 Å². The molecule has 518 valence electrons. The van der Waals surface area contributed by atoms with E-state index < -0.39 is 12.1 Å². The number of aliphatic hydroxyl groups excluding tert-OH is 2. The van der Waals surface area contributed by atoms with Crippen LogP contribution in [-0.4, -0.2) is 47.4 Å². The maximum atomic E-state index is 12.6.